The minimum Gasteiger partial charge on any atom is -0.292 e. The average molecular weight is 166 g/mol. The lowest BCUT2D eigenvalue weighted by Crippen LogP contribution is -2.09. The average Bonchev–Trinajstić information content (AvgIpc) is 2.05. The Bertz CT molecular complexity index is 180. The van der Waals surface area contributed by atoms with Gasteiger partial charge < -0.3 is 0 Å². The van der Waals surface area contributed by atoms with E-state index in [0.717, 1.165) is 31.8 Å². The molecule has 0 radical (unpaired) electrons. The van der Waals surface area contributed by atoms with Crippen molar-refractivity contribution < 1.29 is 0 Å². The van der Waals surface area contributed by atoms with Gasteiger partial charge in [-0.05, 0) is 31.4 Å². The third kappa shape index (κ3) is 3.65. The molecule has 0 fully saturated rings. The lowest BCUT2D eigenvalue weighted by molar-refractivity contribution is 0.596. The van der Waals surface area contributed by atoms with Crippen LogP contribution in [-0.4, -0.2) is 25.0 Å². The van der Waals surface area contributed by atoms with E-state index in [9.17, 15) is 0 Å². The molecule has 0 unspecified atom stereocenters. The standard InChI is InChI=1S/C10H18N2/c1-9(2)5-7-12-10-4-3-6-11-8-10/h6,9H,3-5,7-8H2,1-2H3. The Kier molecular flexibility index (Phi) is 3.98. The summed E-state index contributed by atoms with van der Waals surface area (Å²) >= 11 is 0. The first-order valence-electron chi connectivity index (χ1n) is 4.79. The monoisotopic (exact) mass is 166 g/mol. The van der Waals surface area contributed by atoms with Crippen LogP contribution in [0.15, 0.2) is 9.98 Å². The second-order valence-electron chi connectivity index (χ2n) is 3.69. The first-order valence-corrected chi connectivity index (χ1v) is 4.79. The van der Waals surface area contributed by atoms with Crippen molar-refractivity contribution in [2.75, 3.05) is 13.1 Å². The topological polar surface area (TPSA) is 24.7 Å². The van der Waals surface area contributed by atoms with Crippen molar-refractivity contribution in [1.82, 2.24) is 0 Å². The van der Waals surface area contributed by atoms with Crippen LogP contribution >= 0.6 is 0 Å². The molecule has 1 rings (SSSR count). The van der Waals surface area contributed by atoms with Crippen molar-refractivity contribution in [1.29, 1.82) is 0 Å². The smallest absolute Gasteiger partial charge is 0.0764 e. The maximum Gasteiger partial charge on any atom is 0.0764 e. The van der Waals surface area contributed by atoms with Gasteiger partial charge in [-0.1, -0.05) is 13.8 Å². The summed E-state index contributed by atoms with van der Waals surface area (Å²) in [5, 5.41) is 0. The quantitative estimate of drug-likeness (QED) is 0.615. The molecule has 0 aromatic heterocycles. The first kappa shape index (κ1) is 9.43. The van der Waals surface area contributed by atoms with Crippen LogP contribution < -0.4 is 0 Å². The van der Waals surface area contributed by atoms with Crippen LogP contribution in [0.3, 0.4) is 0 Å². The number of aliphatic imine (C=N–C) groups is 2. The second-order valence-corrected chi connectivity index (χ2v) is 3.69. The van der Waals surface area contributed by atoms with Crippen LogP contribution in [0, 0.1) is 5.92 Å². The van der Waals surface area contributed by atoms with Gasteiger partial charge >= 0.3 is 0 Å². The molecule has 0 saturated carbocycles. The van der Waals surface area contributed by atoms with Gasteiger partial charge in [0.05, 0.1) is 6.54 Å². The summed E-state index contributed by atoms with van der Waals surface area (Å²) in [6.07, 6.45) is 5.41. The van der Waals surface area contributed by atoms with Gasteiger partial charge in [-0.15, -0.1) is 0 Å². The van der Waals surface area contributed by atoms with E-state index in [4.69, 9.17) is 0 Å². The van der Waals surface area contributed by atoms with E-state index in [1.54, 1.807) is 0 Å². The van der Waals surface area contributed by atoms with Crippen molar-refractivity contribution >= 4 is 11.9 Å². The van der Waals surface area contributed by atoms with Crippen molar-refractivity contribution in [3.8, 4) is 0 Å². The summed E-state index contributed by atoms with van der Waals surface area (Å²) in [4.78, 5) is 8.73. The predicted molar refractivity (Wildman–Crippen MR) is 54.4 cm³/mol. The van der Waals surface area contributed by atoms with Crippen LogP contribution in [0.2, 0.25) is 0 Å². The molecule has 1 aliphatic rings. The van der Waals surface area contributed by atoms with Crippen LogP contribution in [0.25, 0.3) is 0 Å². The fraction of sp³-hybridized carbons (Fsp3) is 0.800. The summed E-state index contributed by atoms with van der Waals surface area (Å²) in [7, 11) is 0. The molecule has 2 nitrogen and oxygen atoms in total. The zero-order valence-electron chi connectivity index (χ0n) is 8.08. The number of nitrogens with zero attached hydrogens (tertiary/aromatic N) is 2. The lowest BCUT2D eigenvalue weighted by Gasteiger charge is -2.07. The molecule has 2 heteroatoms. The highest BCUT2D eigenvalue weighted by molar-refractivity contribution is 5.91. The van der Waals surface area contributed by atoms with Gasteiger partial charge in [-0.2, -0.15) is 0 Å². The molecule has 1 heterocycles. The summed E-state index contributed by atoms with van der Waals surface area (Å²) < 4.78 is 0. The molecular formula is C10H18N2. The van der Waals surface area contributed by atoms with Crippen LogP contribution in [0.5, 0.6) is 0 Å². The van der Waals surface area contributed by atoms with Gasteiger partial charge in [0.1, 0.15) is 0 Å². The summed E-state index contributed by atoms with van der Waals surface area (Å²) in [6.45, 7) is 6.30. The van der Waals surface area contributed by atoms with Gasteiger partial charge in [-0.3, -0.25) is 9.98 Å². The number of hydrogen-bond donors (Lipinski definition) is 0. The summed E-state index contributed by atoms with van der Waals surface area (Å²) in [5.41, 5.74) is 1.29. The van der Waals surface area contributed by atoms with Crippen LogP contribution in [0.1, 0.15) is 33.1 Å². The fourth-order valence-electron chi connectivity index (χ4n) is 1.18. The molecule has 0 N–H and O–H groups in total. The first-order chi connectivity index (χ1) is 5.79. The Morgan fingerprint density at radius 3 is 3.00 bits per heavy atom. The Balaban J connectivity index is 2.22. The highest BCUT2D eigenvalue weighted by atomic mass is 14.8. The Morgan fingerprint density at radius 2 is 2.42 bits per heavy atom. The highest BCUT2D eigenvalue weighted by Gasteiger charge is 2.01. The van der Waals surface area contributed by atoms with E-state index >= 15 is 0 Å². The summed E-state index contributed by atoms with van der Waals surface area (Å²) in [6, 6.07) is 0. The van der Waals surface area contributed by atoms with Crippen molar-refractivity contribution in [3.63, 3.8) is 0 Å². The third-order valence-electron chi connectivity index (χ3n) is 2.01. The molecule has 0 bridgehead atoms. The maximum atomic E-state index is 4.53. The molecular weight excluding hydrogens is 148 g/mol. The molecule has 0 spiro atoms. The molecule has 0 amide bonds. The molecule has 0 atom stereocenters. The molecule has 0 aromatic carbocycles. The minimum absolute atomic E-state index is 0.765. The molecule has 68 valence electrons. The Labute approximate surface area is 74.8 Å². The van der Waals surface area contributed by atoms with E-state index < -0.39 is 0 Å². The van der Waals surface area contributed by atoms with Gasteiger partial charge in [0.2, 0.25) is 0 Å². The van der Waals surface area contributed by atoms with E-state index in [1.807, 2.05) is 6.21 Å². The molecule has 1 aliphatic heterocycles. The van der Waals surface area contributed by atoms with Crippen molar-refractivity contribution in [2.24, 2.45) is 15.9 Å². The van der Waals surface area contributed by atoms with E-state index in [0.29, 0.717) is 0 Å². The normalized spacial score (nSPS) is 20.8. The zero-order chi connectivity index (χ0) is 8.81. The molecule has 12 heavy (non-hydrogen) atoms. The Hall–Kier alpha value is -0.660. The van der Waals surface area contributed by atoms with Crippen LogP contribution in [0.4, 0.5) is 0 Å². The van der Waals surface area contributed by atoms with Gasteiger partial charge in [-0.25, -0.2) is 0 Å². The SMILES string of the molecule is CC(C)CCN=C1CCC=NC1. The molecule has 0 saturated heterocycles. The van der Waals surface area contributed by atoms with Gasteiger partial charge in [0.15, 0.2) is 0 Å². The molecule has 0 aliphatic carbocycles. The highest BCUT2D eigenvalue weighted by Crippen LogP contribution is 2.02. The largest absolute Gasteiger partial charge is 0.292 e. The van der Waals surface area contributed by atoms with Gasteiger partial charge in [0, 0.05) is 12.3 Å². The van der Waals surface area contributed by atoms with Crippen molar-refractivity contribution in [3.05, 3.63) is 0 Å². The second kappa shape index (κ2) is 5.07. The number of rotatable bonds is 3. The number of hydrogen-bond acceptors (Lipinski definition) is 2. The van der Waals surface area contributed by atoms with Crippen LogP contribution in [-0.2, 0) is 0 Å². The maximum absolute atomic E-state index is 4.53. The van der Waals surface area contributed by atoms with E-state index in [-0.39, 0.29) is 0 Å². The lowest BCUT2D eigenvalue weighted by atomic mass is 10.1. The minimum atomic E-state index is 0.765. The van der Waals surface area contributed by atoms with E-state index in [2.05, 4.69) is 23.8 Å². The van der Waals surface area contributed by atoms with E-state index in [1.165, 1.54) is 12.1 Å². The van der Waals surface area contributed by atoms with Gasteiger partial charge in [0.25, 0.3) is 0 Å². The summed E-state index contributed by atoms with van der Waals surface area (Å²) in [5.74, 6) is 0.765. The van der Waals surface area contributed by atoms with Crippen molar-refractivity contribution in [2.45, 2.75) is 33.1 Å². The zero-order valence-corrected chi connectivity index (χ0v) is 8.08. The predicted octanol–water partition coefficient (Wildman–Crippen LogP) is 2.34. The Morgan fingerprint density at radius 1 is 1.58 bits per heavy atom. The third-order valence-corrected chi connectivity index (χ3v) is 2.01. The molecule has 0 aromatic rings. The fourth-order valence-corrected chi connectivity index (χ4v) is 1.18.